The number of hydrogen-bond acceptors (Lipinski definition) is 4. The fourth-order valence-corrected chi connectivity index (χ4v) is 3.91. The van der Waals surface area contributed by atoms with Gasteiger partial charge < -0.3 is 10.3 Å². The summed E-state index contributed by atoms with van der Waals surface area (Å²) in [5, 5.41) is 0. The Balaban J connectivity index is 2.20. The Morgan fingerprint density at radius 3 is 3.06 bits per heavy atom. The zero-order valence-electron chi connectivity index (χ0n) is 9.17. The van der Waals surface area contributed by atoms with Crippen molar-refractivity contribution in [2.24, 2.45) is 5.73 Å². The van der Waals surface area contributed by atoms with E-state index in [1.54, 1.807) is 12.5 Å². The van der Waals surface area contributed by atoms with Crippen molar-refractivity contribution in [1.29, 1.82) is 0 Å². The van der Waals surface area contributed by atoms with Crippen LogP contribution in [0.2, 0.25) is 0 Å². The van der Waals surface area contributed by atoms with Crippen molar-refractivity contribution in [2.45, 2.75) is 25.3 Å². The molecule has 1 atom stereocenters. The minimum absolute atomic E-state index is 0.0443. The van der Waals surface area contributed by atoms with Crippen LogP contribution in [-0.2, 0) is 16.3 Å². The van der Waals surface area contributed by atoms with Crippen molar-refractivity contribution in [2.75, 3.05) is 18.1 Å². The minimum atomic E-state index is -2.87. The summed E-state index contributed by atoms with van der Waals surface area (Å²) >= 11 is 0. The molecule has 0 aliphatic carbocycles. The Kier molecular flexibility index (Phi) is 3.30. The zero-order chi connectivity index (χ0) is 11.6. The summed E-state index contributed by atoms with van der Waals surface area (Å²) in [5.41, 5.74) is 6.54. The third kappa shape index (κ3) is 2.44. The van der Waals surface area contributed by atoms with E-state index in [-0.39, 0.29) is 11.8 Å². The predicted octanol–water partition coefficient (Wildman–Crippen LogP) is 0.134. The number of sulfone groups is 1. The molecule has 1 aromatic rings. The lowest BCUT2D eigenvalue weighted by Crippen LogP contribution is -2.28. The second kappa shape index (κ2) is 4.55. The topological polar surface area (TPSA) is 78.0 Å². The molecule has 0 bridgehead atoms. The van der Waals surface area contributed by atoms with Crippen LogP contribution >= 0.6 is 0 Å². The smallest absolute Gasteiger partial charge is 0.152 e. The molecule has 2 N–H and O–H groups in total. The SMILES string of the molecule is NCCc1cncn1C1CCCS(=O)(=O)C1. The summed E-state index contributed by atoms with van der Waals surface area (Å²) in [6.07, 6.45) is 5.89. The molecule has 90 valence electrons. The van der Waals surface area contributed by atoms with Gasteiger partial charge >= 0.3 is 0 Å². The molecular formula is C10H17N3O2S. The summed E-state index contributed by atoms with van der Waals surface area (Å²) in [7, 11) is -2.87. The number of nitrogens with zero attached hydrogens (tertiary/aromatic N) is 2. The molecule has 1 saturated heterocycles. The normalized spacial score (nSPS) is 24.4. The van der Waals surface area contributed by atoms with Crippen molar-refractivity contribution in [3.63, 3.8) is 0 Å². The van der Waals surface area contributed by atoms with Gasteiger partial charge in [-0.25, -0.2) is 13.4 Å². The highest BCUT2D eigenvalue weighted by molar-refractivity contribution is 7.91. The number of rotatable bonds is 3. The third-order valence-electron chi connectivity index (χ3n) is 2.98. The Morgan fingerprint density at radius 2 is 2.38 bits per heavy atom. The second-order valence-electron chi connectivity index (χ2n) is 4.24. The van der Waals surface area contributed by atoms with Crippen molar-refractivity contribution < 1.29 is 8.42 Å². The molecule has 0 radical (unpaired) electrons. The third-order valence-corrected chi connectivity index (χ3v) is 4.78. The molecule has 1 unspecified atom stereocenters. The maximum atomic E-state index is 11.6. The number of nitrogens with two attached hydrogens (primary N) is 1. The molecule has 1 aliphatic rings. The van der Waals surface area contributed by atoms with Crippen LogP contribution in [0.15, 0.2) is 12.5 Å². The minimum Gasteiger partial charge on any atom is -0.330 e. The molecule has 1 aromatic heterocycles. The van der Waals surface area contributed by atoms with Crippen LogP contribution < -0.4 is 5.73 Å². The van der Waals surface area contributed by atoms with E-state index in [1.807, 2.05) is 4.57 Å². The monoisotopic (exact) mass is 243 g/mol. The highest BCUT2D eigenvalue weighted by Gasteiger charge is 2.26. The fourth-order valence-electron chi connectivity index (χ4n) is 2.22. The van der Waals surface area contributed by atoms with E-state index in [1.165, 1.54) is 0 Å². The van der Waals surface area contributed by atoms with Crippen LogP contribution in [0.1, 0.15) is 24.6 Å². The van der Waals surface area contributed by atoms with Gasteiger partial charge in [-0.2, -0.15) is 0 Å². The van der Waals surface area contributed by atoms with E-state index in [0.29, 0.717) is 12.3 Å². The first kappa shape index (κ1) is 11.6. The Hall–Kier alpha value is -0.880. The van der Waals surface area contributed by atoms with Gasteiger partial charge in [0.2, 0.25) is 0 Å². The molecule has 6 heteroatoms. The molecule has 0 amide bonds. The molecule has 1 aliphatic heterocycles. The first-order chi connectivity index (χ1) is 7.62. The molecule has 2 rings (SSSR count). The first-order valence-corrected chi connectivity index (χ1v) is 7.36. The van der Waals surface area contributed by atoms with Crippen LogP contribution in [0.5, 0.6) is 0 Å². The lowest BCUT2D eigenvalue weighted by molar-refractivity contribution is 0.459. The highest BCUT2D eigenvalue weighted by Crippen LogP contribution is 2.24. The largest absolute Gasteiger partial charge is 0.330 e. The van der Waals surface area contributed by atoms with Gasteiger partial charge in [0.1, 0.15) is 0 Å². The molecule has 16 heavy (non-hydrogen) atoms. The van der Waals surface area contributed by atoms with Crippen LogP contribution in [0.4, 0.5) is 0 Å². The van der Waals surface area contributed by atoms with E-state index >= 15 is 0 Å². The second-order valence-corrected chi connectivity index (χ2v) is 6.47. The van der Waals surface area contributed by atoms with Gasteiger partial charge in [-0.3, -0.25) is 0 Å². The Morgan fingerprint density at radius 1 is 1.56 bits per heavy atom. The summed E-state index contributed by atoms with van der Waals surface area (Å²) in [4.78, 5) is 4.08. The maximum absolute atomic E-state index is 11.6. The van der Waals surface area contributed by atoms with Crippen LogP contribution in [0, 0.1) is 0 Å². The first-order valence-electron chi connectivity index (χ1n) is 5.53. The van der Waals surface area contributed by atoms with Gasteiger partial charge in [0.15, 0.2) is 9.84 Å². The van der Waals surface area contributed by atoms with Gasteiger partial charge in [0.25, 0.3) is 0 Å². The lowest BCUT2D eigenvalue weighted by Gasteiger charge is -2.24. The van der Waals surface area contributed by atoms with E-state index in [2.05, 4.69) is 4.98 Å². The van der Waals surface area contributed by atoms with E-state index in [4.69, 9.17) is 5.73 Å². The fraction of sp³-hybridized carbons (Fsp3) is 0.700. The van der Waals surface area contributed by atoms with Crippen LogP contribution in [0.3, 0.4) is 0 Å². The van der Waals surface area contributed by atoms with Crippen LogP contribution in [0.25, 0.3) is 0 Å². The molecule has 0 spiro atoms. The summed E-state index contributed by atoms with van der Waals surface area (Å²) in [6, 6.07) is 0.0443. The van der Waals surface area contributed by atoms with Gasteiger partial charge in [-0.1, -0.05) is 0 Å². The number of hydrogen-bond donors (Lipinski definition) is 1. The predicted molar refractivity (Wildman–Crippen MR) is 61.9 cm³/mol. The number of imidazole rings is 1. The standard InChI is InChI=1S/C10H17N3O2S/c11-4-3-9-6-12-8-13(9)10-2-1-5-16(14,15)7-10/h6,8,10H,1-5,7,11H2. The van der Waals surface area contributed by atoms with Gasteiger partial charge in [-0.15, -0.1) is 0 Å². The van der Waals surface area contributed by atoms with Crippen molar-refractivity contribution in [1.82, 2.24) is 9.55 Å². The molecular weight excluding hydrogens is 226 g/mol. The molecule has 2 heterocycles. The molecule has 5 nitrogen and oxygen atoms in total. The zero-order valence-corrected chi connectivity index (χ0v) is 9.99. The van der Waals surface area contributed by atoms with Gasteiger partial charge in [-0.05, 0) is 19.4 Å². The van der Waals surface area contributed by atoms with E-state index in [0.717, 1.165) is 25.0 Å². The molecule has 0 saturated carbocycles. The summed E-state index contributed by atoms with van der Waals surface area (Å²) in [5.74, 6) is 0.561. The summed E-state index contributed by atoms with van der Waals surface area (Å²) < 4.78 is 25.1. The Bertz CT molecular complexity index is 452. The quantitative estimate of drug-likeness (QED) is 0.818. The highest BCUT2D eigenvalue weighted by atomic mass is 32.2. The Labute approximate surface area is 95.6 Å². The van der Waals surface area contributed by atoms with E-state index in [9.17, 15) is 8.42 Å². The average Bonchev–Trinajstić information content (AvgIpc) is 2.65. The van der Waals surface area contributed by atoms with Crippen LogP contribution in [-0.4, -0.2) is 36.0 Å². The molecule has 0 aromatic carbocycles. The van der Waals surface area contributed by atoms with Gasteiger partial charge in [0.05, 0.1) is 17.8 Å². The summed E-state index contributed by atoms with van der Waals surface area (Å²) in [6.45, 7) is 0.561. The maximum Gasteiger partial charge on any atom is 0.152 e. The molecule has 1 fully saturated rings. The lowest BCUT2D eigenvalue weighted by atomic mass is 10.1. The van der Waals surface area contributed by atoms with Gasteiger partial charge in [0, 0.05) is 24.4 Å². The number of aromatic nitrogens is 2. The van der Waals surface area contributed by atoms with E-state index < -0.39 is 9.84 Å². The van der Waals surface area contributed by atoms with Crippen molar-refractivity contribution in [3.8, 4) is 0 Å². The average molecular weight is 243 g/mol. The van der Waals surface area contributed by atoms with Crippen molar-refractivity contribution in [3.05, 3.63) is 18.2 Å². The van der Waals surface area contributed by atoms with Crippen molar-refractivity contribution >= 4 is 9.84 Å².